The first-order valence-electron chi connectivity index (χ1n) is 5.21. The van der Waals surface area contributed by atoms with Crippen molar-refractivity contribution in [1.29, 1.82) is 0 Å². The zero-order valence-electron chi connectivity index (χ0n) is 9.36. The molecule has 0 spiro atoms. The number of amides is 1. The Balaban J connectivity index is 0.00000196. The van der Waals surface area contributed by atoms with Crippen LogP contribution in [-0.2, 0) is 9.53 Å². The Morgan fingerprint density at radius 2 is 2.27 bits per heavy atom. The summed E-state index contributed by atoms with van der Waals surface area (Å²) < 4.78 is 5.33. The van der Waals surface area contributed by atoms with E-state index >= 15 is 0 Å². The van der Waals surface area contributed by atoms with Crippen LogP contribution in [0.1, 0.15) is 26.2 Å². The number of methoxy groups -OCH3 is 1. The van der Waals surface area contributed by atoms with E-state index in [0.29, 0.717) is 18.6 Å². The number of ether oxygens (including phenoxy) is 1. The van der Waals surface area contributed by atoms with E-state index in [1.807, 2.05) is 0 Å². The van der Waals surface area contributed by atoms with Gasteiger partial charge in [0.1, 0.15) is 0 Å². The number of hydrogen-bond acceptors (Lipinski definition) is 3. The number of carbonyl (C=O) groups is 1. The standard InChI is InChI=1S/C10H20N2O2.ClH/c1-7(11)10(13)12-6-8-4-3-5-9(8)14-2;/h7-9H,3-6,11H2,1-2H3,(H,12,13);1H. The van der Waals surface area contributed by atoms with Crippen molar-refractivity contribution in [2.45, 2.75) is 38.3 Å². The maximum absolute atomic E-state index is 11.2. The quantitative estimate of drug-likeness (QED) is 0.755. The van der Waals surface area contributed by atoms with Gasteiger partial charge in [-0.2, -0.15) is 0 Å². The van der Waals surface area contributed by atoms with Gasteiger partial charge in [0.2, 0.25) is 5.91 Å². The van der Waals surface area contributed by atoms with E-state index in [1.54, 1.807) is 14.0 Å². The van der Waals surface area contributed by atoms with E-state index in [9.17, 15) is 4.79 Å². The van der Waals surface area contributed by atoms with E-state index in [0.717, 1.165) is 12.8 Å². The van der Waals surface area contributed by atoms with Gasteiger partial charge in [0.05, 0.1) is 12.1 Å². The van der Waals surface area contributed by atoms with Crippen LogP contribution >= 0.6 is 12.4 Å². The van der Waals surface area contributed by atoms with Gasteiger partial charge in [-0.1, -0.05) is 6.42 Å². The summed E-state index contributed by atoms with van der Waals surface area (Å²) in [5, 5.41) is 2.84. The molecular weight excluding hydrogens is 216 g/mol. The Labute approximate surface area is 97.3 Å². The predicted octanol–water partition coefficient (Wildman–Crippen LogP) is 0.687. The smallest absolute Gasteiger partial charge is 0.236 e. The molecule has 1 saturated carbocycles. The Bertz CT molecular complexity index is 200. The number of hydrogen-bond donors (Lipinski definition) is 2. The van der Waals surface area contributed by atoms with Gasteiger partial charge < -0.3 is 15.8 Å². The SMILES string of the molecule is COC1CCCC1CNC(=O)C(C)N.Cl. The summed E-state index contributed by atoms with van der Waals surface area (Å²) in [6, 6.07) is -0.419. The van der Waals surface area contributed by atoms with Crippen LogP contribution in [0.5, 0.6) is 0 Å². The highest BCUT2D eigenvalue weighted by Gasteiger charge is 2.27. The molecule has 0 radical (unpaired) electrons. The zero-order chi connectivity index (χ0) is 10.6. The van der Waals surface area contributed by atoms with Crippen LogP contribution in [-0.4, -0.2) is 31.7 Å². The monoisotopic (exact) mass is 236 g/mol. The number of halogens is 1. The summed E-state index contributed by atoms with van der Waals surface area (Å²) in [7, 11) is 1.73. The first-order chi connectivity index (χ1) is 6.65. The second-order valence-electron chi connectivity index (χ2n) is 4.00. The van der Waals surface area contributed by atoms with Gasteiger partial charge in [0.25, 0.3) is 0 Å². The Morgan fingerprint density at radius 3 is 2.80 bits per heavy atom. The molecule has 0 aliphatic heterocycles. The van der Waals surface area contributed by atoms with Gasteiger partial charge >= 0.3 is 0 Å². The van der Waals surface area contributed by atoms with E-state index < -0.39 is 6.04 Å². The predicted molar refractivity (Wildman–Crippen MR) is 62.0 cm³/mol. The Morgan fingerprint density at radius 1 is 1.60 bits per heavy atom. The summed E-state index contributed by atoms with van der Waals surface area (Å²) >= 11 is 0. The fourth-order valence-corrected chi connectivity index (χ4v) is 1.94. The molecule has 1 rings (SSSR count). The van der Waals surface area contributed by atoms with Crippen LogP contribution in [0.4, 0.5) is 0 Å². The van der Waals surface area contributed by atoms with Gasteiger partial charge in [-0.3, -0.25) is 4.79 Å². The molecule has 1 aliphatic carbocycles. The van der Waals surface area contributed by atoms with Crippen molar-refractivity contribution in [2.24, 2.45) is 11.7 Å². The van der Waals surface area contributed by atoms with Crippen LogP contribution in [0.25, 0.3) is 0 Å². The zero-order valence-corrected chi connectivity index (χ0v) is 10.2. The van der Waals surface area contributed by atoms with Gasteiger partial charge in [-0.25, -0.2) is 0 Å². The van der Waals surface area contributed by atoms with Crippen molar-refractivity contribution in [3.63, 3.8) is 0 Å². The molecule has 1 aliphatic rings. The van der Waals surface area contributed by atoms with Crippen LogP contribution in [0.2, 0.25) is 0 Å². The van der Waals surface area contributed by atoms with Crippen LogP contribution in [0, 0.1) is 5.92 Å². The van der Waals surface area contributed by atoms with E-state index in [4.69, 9.17) is 10.5 Å². The fourth-order valence-electron chi connectivity index (χ4n) is 1.94. The molecule has 0 aromatic carbocycles. The lowest BCUT2D eigenvalue weighted by atomic mass is 10.1. The highest BCUT2D eigenvalue weighted by Crippen LogP contribution is 2.26. The maximum atomic E-state index is 11.2. The summed E-state index contributed by atoms with van der Waals surface area (Å²) in [6.45, 7) is 2.39. The third kappa shape index (κ3) is 4.36. The normalized spacial score (nSPS) is 26.9. The lowest BCUT2D eigenvalue weighted by Gasteiger charge is -2.19. The molecule has 3 atom stereocenters. The number of carbonyl (C=O) groups excluding carboxylic acids is 1. The van der Waals surface area contributed by atoms with E-state index in [-0.39, 0.29) is 18.3 Å². The molecule has 0 aromatic rings. The molecule has 3 unspecified atom stereocenters. The lowest BCUT2D eigenvalue weighted by molar-refractivity contribution is -0.122. The van der Waals surface area contributed by atoms with Crippen LogP contribution in [0.15, 0.2) is 0 Å². The molecule has 4 nitrogen and oxygen atoms in total. The minimum Gasteiger partial charge on any atom is -0.381 e. The van der Waals surface area contributed by atoms with Crippen molar-refractivity contribution >= 4 is 18.3 Å². The Kier molecular flexibility index (Phi) is 6.89. The molecule has 0 heterocycles. The minimum absolute atomic E-state index is 0. The highest BCUT2D eigenvalue weighted by molar-refractivity contribution is 5.85. The van der Waals surface area contributed by atoms with Crippen molar-refractivity contribution < 1.29 is 9.53 Å². The molecule has 1 amide bonds. The average Bonchev–Trinajstić information content (AvgIpc) is 2.60. The van der Waals surface area contributed by atoms with Gasteiger partial charge in [0.15, 0.2) is 0 Å². The van der Waals surface area contributed by atoms with Crippen molar-refractivity contribution in [2.75, 3.05) is 13.7 Å². The largest absolute Gasteiger partial charge is 0.381 e. The van der Waals surface area contributed by atoms with Crippen molar-refractivity contribution in [3.8, 4) is 0 Å². The number of nitrogens with one attached hydrogen (secondary N) is 1. The fraction of sp³-hybridized carbons (Fsp3) is 0.900. The first-order valence-corrected chi connectivity index (χ1v) is 5.21. The van der Waals surface area contributed by atoms with Crippen LogP contribution in [0.3, 0.4) is 0 Å². The van der Waals surface area contributed by atoms with Crippen LogP contribution < -0.4 is 11.1 Å². The third-order valence-electron chi connectivity index (χ3n) is 2.84. The molecule has 0 bridgehead atoms. The Hall–Kier alpha value is -0.320. The molecule has 90 valence electrons. The van der Waals surface area contributed by atoms with E-state index in [2.05, 4.69) is 5.32 Å². The lowest BCUT2D eigenvalue weighted by Crippen LogP contribution is -2.41. The first kappa shape index (κ1) is 14.7. The third-order valence-corrected chi connectivity index (χ3v) is 2.84. The molecule has 3 N–H and O–H groups in total. The summed E-state index contributed by atoms with van der Waals surface area (Å²) in [5.41, 5.74) is 5.44. The maximum Gasteiger partial charge on any atom is 0.236 e. The highest BCUT2D eigenvalue weighted by atomic mass is 35.5. The second-order valence-corrected chi connectivity index (χ2v) is 4.00. The molecule has 0 saturated heterocycles. The van der Waals surface area contributed by atoms with E-state index in [1.165, 1.54) is 6.42 Å². The molecule has 5 heteroatoms. The molecule has 1 fully saturated rings. The molecular formula is C10H21ClN2O2. The average molecular weight is 237 g/mol. The topological polar surface area (TPSA) is 64.3 Å². The van der Waals surface area contributed by atoms with Crippen molar-refractivity contribution in [3.05, 3.63) is 0 Å². The molecule has 15 heavy (non-hydrogen) atoms. The summed E-state index contributed by atoms with van der Waals surface area (Å²) in [4.78, 5) is 11.2. The minimum atomic E-state index is -0.419. The molecule has 0 aromatic heterocycles. The number of nitrogens with two attached hydrogens (primary N) is 1. The number of rotatable bonds is 4. The van der Waals surface area contributed by atoms with Gasteiger partial charge in [-0.15, -0.1) is 12.4 Å². The second kappa shape index (κ2) is 7.04. The van der Waals surface area contributed by atoms with Crippen molar-refractivity contribution in [1.82, 2.24) is 5.32 Å². The van der Waals surface area contributed by atoms with Gasteiger partial charge in [-0.05, 0) is 19.8 Å². The summed E-state index contributed by atoms with van der Waals surface area (Å²) in [6.07, 6.45) is 3.74. The summed E-state index contributed by atoms with van der Waals surface area (Å²) in [5.74, 6) is 0.384. The van der Waals surface area contributed by atoms with Gasteiger partial charge in [0, 0.05) is 19.6 Å².